The van der Waals surface area contributed by atoms with Crippen LogP contribution in [0.3, 0.4) is 0 Å². The smallest absolute Gasteiger partial charge is 0.233 e. The maximum absolute atomic E-state index is 13.0. The molecule has 1 atom stereocenters. The minimum Gasteiger partial charge on any atom is -0.454 e. The summed E-state index contributed by atoms with van der Waals surface area (Å²) in [6.07, 6.45) is 0.882. The number of carbonyl (C=O) groups excluding carboxylic acids is 1. The van der Waals surface area contributed by atoms with E-state index in [4.69, 9.17) is 14.2 Å². The molecule has 0 spiro atoms. The average molecular weight is 496 g/mol. The molecule has 2 aromatic carbocycles. The van der Waals surface area contributed by atoms with Crippen molar-refractivity contribution in [3.63, 3.8) is 0 Å². The van der Waals surface area contributed by atoms with Crippen molar-refractivity contribution in [1.82, 2.24) is 20.1 Å². The third-order valence-electron chi connectivity index (χ3n) is 6.08. The van der Waals surface area contributed by atoms with E-state index in [1.807, 2.05) is 37.3 Å². The first-order chi connectivity index (χ1) is 17.1. The van der Waals surface area contributed by atoms with Gasteiger partial charge in [-0.1, -0.05) is 43.0 Å². The van der Waals surface area contributed by atoms with Gasteiger partial charge in [0.25, 0.3) is 0 Å². The van der Waals surface area contributed by atoms with E-state index in [1.165, 1.54) is 17.3 Å². The summed E-state index contributed by atoms with van der Waals surface area (Å²) in [4.78, 5) is 15.2. The van der Waals surface area contributed by atoms with Crippen LogP contribution in [-0.2, 0) is 22.5 Å². The van der Waals surface area contributed by atoms with Gasteiger partial charge in [0, 0.05) is 19.6 Å². The predicted molar refractivity (Wildman–Crippen MR) is 133 cm³/mol. The van der Waals surface area contributed by atoms with Crippen molar-refractivity contribution in [2.75, 3.05) is 38.0 Å². The van der Waals surface area contributed by atoms with E-state index in [0.29, 0.717) is 30.7 Å². The number of para-hydroxylation sites is 1. The lowest BCUT2D eigenvalue weighted by Crippen LogP contribution is -2.38. The standard InChI is InChI=1S/C25H29N5O4S/c1-3-19-6-4-5-7-20(19)30-24(29-10-12-32-13-11-29)27-28-25(30)35-17(2)23(31)26-15-18-8-9-21-22(14-18)34-16-33-21/h4-9,14,17H,3,10-13,15-16H2,1-2H3,(H,26,31)/t17-/m0/s1. The monoisotopic (exact) mass is 495 g/mol. The molecule has 0 radical (unpaired) electrons. The first-order valence-corrected chi connectivity index (χ1v) is 12.7. The first-order valence-electron chi connectivity index (χ1n) is 11.8. The van der Waals surface area contributed by atoms with E-state index in [2.05, 4.69) is 44.0 Å². The van der Waals surface area contributed by atoms with E-state index >= 15 is 0 Å². The zero-order chi connectivity index (χ0) is 24.2. The van der Waals surface area contributed by atoms with E-state index in [9.17, 15) is 4.79 Å². The Morgan fingerprint density at radius 1 is 1.11 bits per heavy atom. The molecular weight excluding hydrogens is 466 g/mol. The molecule has 5 rings (SSSR count). The van der Waals surface area contributed by atoms with Crippen molar-refractivity contribution in [2.24, 2.45) is 0 Å². The first kappa shape index (κ1) is 23.5. The number of morpholine rings is 1. The number of amides is 1. The number of fused-ring (bicyclic) bond motifs is 1. The van der Waals surface area contributed by atoms with Gasteiger partial charge in [-0.2, -0.15) is 0 Å². The lowest BCUT2D eigenvalue weighted by Gasteiger charge is -2.28. The molecule has 3 aromatic rings. The zero-order valence-corrected chi connectivity index (χ0v) is 20.7. The number of ether oxygens (including phenoxy) is 3. The number of rotatable bonds is 8. The van der Waals surface area contributed by atoms with Crippen LogP contribution < -0.4 is 19.7 Å². The summed E-state index contributed by atoms with van der Waals surface area (Å²) < 4.78 is 18.4. The van der Waals surface area contributed by atoms with Gasteiger partial charge < -0.3 is 24.4 Å². The van der Waals surface area contributed by atoms with Gasteiger partial charge in [-0.3, -0.25) is 9.36 Å². The molecule has 0 unspecified atom stereocenters. The summed E-state index contributed by atoms with van der Waals surface area (Å²) in [5.41, 5.74) is 3.19. The molecule has 3 heterocycles. The second-order valence-corrected chi connectivity index (χ2v) is 9.67. The van der Waals surface area contributed by atoms with E-state index < -0.39 is 0 Å². The number of aryl methyl sites for hydroxylation is 1. The quantitative estimate of drug-likeness (QED) is 0.477. The molecule has 1 aromatic heterocycles. The average Bonchev–Trinajstić information content (AvgIpc) is 3.54. The summed E-state index contributed by atoms with van der Waals surface area (Å²) in [6, 6.07) is 14.0. The van der Waals surface area contributed by atoms with Gasteiger partial charge in [-0.15, -0.1) is 10.2 Å². The Labute approximate surface area is 208 Å². The Bertz CT molecular complexity index is 1190. The van der Waals surface area contributed by atoms with Gasteiger partial charge in [0.05, 0.1) is 24.2 Å². The fourth-order valence-electron chi connectivity index (χ4n) is 4.14. The number of benzene rings is 2. The summed E-state index contributed by atoms with van der Waals surface area (Å²) >= 11 is 1.41. The molecule has 1 amide bonds. The van der Waals surface area contributed by atoms with Crippen molar-refractivity contribution in [1.29, 1.82) is 0 Å². The molecule has 0 saturated carbocycles. The van der Waals surface area contributed by atoms with Crippen molar-refractivity contribution in [3.8, 4) is 17.2 Å². The largest absolute Gasteiger partial charge is 0.454 e. The topological polar surface area (TPSA) is 90.7 Å². The molecule has 0 aliphatic carbocycles. The van der Waals surface area contributed by atoms with Crippen molar-refractivity contribution in [2.45, 2.75) is 37.2 Å². The number of nitrogens with zero attached hydrogens (tertiary/aromatic N) is 4. The van der Waals surface area contributed by atoms with E-state index in [0.717, 1.165) is 42.5 Å². The molecular formula is C25H29N5O4S. The molecule has 184 valence electrons. The summed E-state index contributed by atoms with van der Waals surface area (Å²) in [5, 5.41) is 12.4. The van der Waals surface area contributed by atoms with Gasteiger partial charge >= 0.3 is 0 Å². The number of anilines is 1. The van der Waals surface area contributed by atoms with Crippen LogP contribution in [0.1, 0.15) is 25.0 Å². The number of carbonyl (C=O) groups is 1. The Balaban J connectivity index is 1.34. The van der Waals surface area contributed by atoms with Gasteiger partial charge in [0.15, 0.2) is 16.7 Å². The van der Waals surface area contributed by atoms with E-state index in [1.54, 1.807) is 0 Å². The Morgan fingerprint density at radius 3 is 2.74 bits per heavy atom. The van der Waals surface area contributed by atoms with Crippen LogP contribution in [0.4, 0.5) is 5.95 Å². The van der Waals surface area contributed by atoms with Crippen LogP contribution in [0.25, 0.3) is 5.69 Å². The number of nitrogens with one attached hydrogen (secondary N) is 1. The highest BCUT2D eigenvalue weighted by atomic mass is 32.2. The Hall–Kier alpha value is -3.24. The second kappa shape index (κ2) is 10.6. The minimum atomic E-state index is -0.363. The highest BCUT2D eigenvalue weighted by Crippen LogP contribution is 2.33. The highest BCUT2D eigenvalue weighted by molar-refractivity contribution is 8.00. The zero-order valence-electron chi connectivity index (χ0n) is 19.9. The molecule has 2 aliphatic heterocycles. The van der Waals surface area contributed by atoms with Crippen LogP contribution in [0.15, 0.2) is 47.6 Å². The van der Waals surface area contributed by atoms with Crippen molar-refractivity contribution in [3.05, 3.63) is 53.6 Å². The molecule has 0 bridgehead atoms. The fourth-order valence-corrected chi connectivity index (χ4v) is 5.02. The van der Waals surface area contributed by atoms with Crippen LogP contribution in [0.5, 0.6) is 11.5 Å². The Kier molecular flexibility index (Phi) is 7.10. The molecule has 1 saturated heterocycles. The van der Waals surface area contributed by atoms with E-state index in [-0.39, 0.29) is 18.0 Å². The summed E-state index contributed by atoms with van der Waals surface area (Å²) in [5.74, 6) is 2.15. The molecule has 35 heavy (non-hydrogen) atoms. The third kappa shape index (κ3) is 5.08. The molecule has 1 N–H and O–H groups in total. The van der Waals surface area contributed by atoms with Crippen LogP contribution in [0.2, 0.25) is 0 Å². The summed E-state index contributed by atoms with van der Waals surface area (Å²) in [6.45, 7) is 7.48. The maximum Gasteiger partial charge on any atom is 0.233 e. The highest BCUT2D eigenvalue weighted by Gasteiger charge is 2.26. The van der Waals surface area contributed by atoms with Gasteiger partial charge in [-0.25, -0.2) is 0 Å². The van der Waals surface area contributed by atoms with Gasteiger partial charge in [-0.05, 0) is 42.7 Å². The number of hydrogen-bond donors (Lipinski definition) is 1. The normalized spacial score (nSPS) is 15.8. The minimum absolute atomic E-state index is 0.0704. The van der Waals surface area contributed by atoms with Gasteiger partial charge in [0.2, 0.25) is 18.6 Å². The van der Waals surface area contributed by atoms with Crippen LogP contribution in [-0.4, -0.2) is 59.0 Å². The maximum atomic E-state index is 13.0. The van der Waals surface area contributed by atoms with Crippen molar-refractivity contribution < 1.29 is 19.0 Å². The van der Waals surface area contributed by atoms with Crippen LogP contribution >= 0.6 is 11.8 Å². The van der Waals surface area contributed by atoms with Crippen LogP contribution in [0, 0.1) is 0 Å². The number of aromatic nitrogens is 3. The number of hydrogen-bond acceptors (Lipinski definition) is 8. The molecule has 9 nitrogen and oxygen atoms in total. The third-order valence-corrected chi connectivity index (χ3v) is 7.12. The predicted octanol–water partition coefficient (Wildman–Crippen LogP) is 3.19. The number of thioether (sulfide) groups is 1. The lowest BCUT2D eigenvalue weighted by atomic mass is 10.1. The molecule has 2 aliphatic rings. The van der Waals surface area contributed by atoms with Gasteiger partial charge in [0.1, 0.15) is 0 Å². The Morgan fingerprint density at radius 2 is 1.91 bits per heavy atom. The lowest BCUT2D eigenvalue weighted by molar-refractivity contribution is -0.120. The summed E-state index contributed by atoms with van der Waals surface area (Å²) in [7, 11) is 0. The van der Waals surface area contributed by atoms with Crippen molar-refractivity contribution >= 4 is 23.6 Å². The second-order valence-electron chi connectivity index (χ2n) is 8.37. The SMILES string of the molecule is CCc1ccccc1-n1c(S[C@@H](C)C(=O)NCc2ccc3c(c2)OCO3)nnc1N1CCOCC1. The molecule has 1 fully saturated rings. The fraction of sp³-hybridized carbons (Fsp3) is 0.400. The molecule has 10 heteroatoms.